The molecule has 0 aliphatic heterocycles. The van der Waals surface area contributed by atoms with Crippen molar-refractivity contribution in [2.24, 2.45) is 0 Å². The van der Waals surface area contributed by atoms with Crippen molar-refractivity contribution in [3.05, 3.63) is 64.8 Å². The maximum Gasteiger partial charge on any atom is 0.243 e. The molecular weight excluding hydrogens is 468 g/mol. The Labute approximate surface area is 197 Å². The van der Waals surface area contributed by atoms with Crippen molar-refractivity contribution >= 4 is 33.2 Å². The van der Waals surface area contributed by atoms with Crippen molar-refractivity contribution in [3.8, 4) is 5.75 Å². The molecule has 2 aromatic carbocycles. The van der Waals surface area contributed by atoms with Crippen LogP contribution in [0.2, 0.25) is 5.02 Å². The molecule has 1 heterocycles. The summed E-state index contributed by atoms with van der Waals surface area (Å²) in [4.78, 5) is 16.7. The molecule has 33 heavy (non-hydrogen) atoms. The normalized spacial score (nSPS) is 11.7. The van der Waals surface area contributed by atoms with Gasteiger partial charge in [-0.3, -0.25) is 4.79 Å². The molecule has 0 saturated carbocycles. The van der Waals surface area contributed by atoms with E-state index in [0.29, 0.717) is 29.6 Å². The average molecular weight is 493 g/mol. The summed E-state index contributed by atoms with van der Waals surface area (Å²) in [5.41, 5.74) is 1.48. The van der Waals surface area contributed by atoms with E-state index in [4.69, 9.17) is 20.9 Å². The van der Waals surface area contributed by atoms with E-state index in [2.05, 4.69) is 15.5 Å². The fourth-order valence-corrected chi connectivity index (χ4v) is 4.41. The second-order valence-electron chi connectivity index (χ2n) is 7.68. The third-order valence-corrected chi connectivity index (χ3v) is 6.87. The molecule has 176 valence electrons. The largest absolute Gasteiger partial charge is 0.495 e. The molecule has 0 spiro atoms. The van der Waals surface area contributed by atoms with Crippen LogP contribution >= 0.6 is 11.6 Å². The Morgan fingerprint density at radius 1 is 1.21 bits per heavy atom. The van der Waals surface area contributed by atoms with Crippen LogP contribution in [0.15, 0.2) is 51.9 Å². The summed E-state index contributed by atoms with van der Waals surface area (Å²) in [5, 5.41) is 6.83. The molecule has 0 radical (unpaired) electrons. The molecular formula is C22H25ClN4O5S. The number of ether oxygens (including phenoxy) is 1. The molecule has 0 aliphatic carbocycles. The molecule has 0 saturated heterocycles. The Morgan fingerprint density at radius 2 is 1.91 bits per heavy atom. The number of methoxy groups -OCH3 is 1. The number of aromatic nitrogens is 2. The summed E-state index contributed by atoms with van der Waals surface area (Å²) in [6.07, 6.45) is 0.496. The molecule has 3 aromatic rings. The number of halogens is 1. The molecule has 11 heteroatoms. The number of rotatable bonds is 9. The standard InChI is InChI=1S/C22H25ClN4O5S/c1-14(2)22-25-20(26-32-22)11-15-5-7-16(8-6-15)24-21(28)13-27(3)33(29,30)17-9-10-19(31-4)18(23)12-17/h5-10,12,14H,11,13H2,1-4H3,(H,24,28). The van der Waals surface area contributed by atoms with Gasteiger partial charge in [-0.05, 0) is 35.9 Å². The van der Waals surface area contributed by atoms with Gasteiger partial charge in [0.25, 0.3) is 0 Å². The summed E-state index contributed by atoms with van der Waals surface area (Å²) >= 11 is 6.03. The molecule has 3 rings (SSSR count). The SMILES string of the molecule is COc1ccc(S(=O)(=O)N(C)CC(=O)Nc2ccc(Cc3noc(C(C)C)n3)cc2)cc1Cl. The van der Waals surface area contributed by atoms with Crippen LogP contribution in [0.25, 0.3) is 0 Å². The van der Waals surface area contributed by atoms with Gasteiger partial charge >= 0.3 is 0 Å². The minimum Gasteiger partial charge on any atom is -0.495 e. The molecule has 0 atom stereocenters. The van der Waals surface area contributed by atoms with Crippen molar-refractivity contribution in [1.82, 2.24) is 14.4 Å². The number of hydrogen-bond donors (Lipinski definition) is 1. The Bertz CT molecular complexity index is 1230. The van der Waals surface area contributed by atoms with Crippen molar-refractivity contribution in [1.29, 1.82) is 0 Å². The fourth-order valence-electron chi connectivity index (χ4n) is 2.94. The van der Waals surface area contributed by atoms with Gasteiger partial charge in [-0.25, -0.2) is 8.42 Å². The predicted molar refractivity (Wildman–Crippen MR) is 124 cm³/mol. The fraction of sp³-hybridized carbons (Fsp3) is 0.318. The van der Waals surface area contributed by atoms with E-state index >= 15 is 0 Å². The number of hydrogen-bond acceptors (Lipinski definition) is 7. The molecule has 9 nitrogen and oxygen atoms in total. The topological polar surface area (TPSA) is 115 Å². The highest BCUT2D eigenvalue weighted by molar-refractivity contribution is 7.89. The highest BCUT2D eigenvalue weighted by Gasteiger charge is 2.24. The summed E-state index contributed by atoms with van der Waals surface area (Å²) in [6.45, 7) is 3.59. The smallest absolute Gasteiger partial charge is 0.243 e. The zero-order chi connectivity index (χ0) is 24.2. The number of carbonyl (C=O) groups excluding carboxylic acids is 1. The third-order valence-electron chi connectivity index (χ3n) is 4.78. The van der Waals surface area contributed by atoms with E-state index in [0.717, 1.165) is 9.87 Å². The second kappa shape index (κ2) is 10.3. The number of nitrogens with zero attached hydrogens (tertiary/aromatic N) is 3. The van der Waals surface area contributed by atoms with E-state index in [1.165, 1.54) is 32.4 Å². The summed E-state index contributed by atoms with van der Waals surface area (Å²) in [7, 11) is -1.15. The quantitative estimate of drug-likeness (QED) is 0.484. The summed E-state index contributed by atoms with van der Waals surface area (Å²) < 4.78 is 36.7. The van der Waals surface area contributed by atoms with Crippen LogP contribution in [-0.4, -0.2) is 49.5 Å². The summed E-state index contributed by atoms with van der Waals surface area (Å²) in [6, 6.07) is 11.3. The Morgan fingerprint density at radius 3 is 2.48 bits per heavy atom. The zero-order valence-electron chi connectivity index (χ0n) is 18.7. The molecule has 1 aromatic heterocycles. The van der Waals surface area contributed by atoms with Crippen LogP contribution < -0.4 is 10.1 Å². The van der Waals surface area contributed by atoms with Crippen LogP contribution in [0.4, 0.5) is 5.69 Å². The van der Waals surface area contributed by atoms with Gasteiger partial charge in [0.05, 0.1) is 23.6 Å². The molecule has 1 N–H and O–H groups in total. The highest BCUT2D eigenvalue weighted by atomic mass is 35.5. The lowest BCUT2D eigenvalue weighted by Crippen LogP contribution is -2.35. The first-order valence-corrected chi connectivity index (χ1v) is 11.9. The lowest BCUT2D eigenvalue weighted by atomic mass is 10.1. The van der Waals surface area contributed by atoms with E-state index in [-0.39, 0.29) is 22.4 Å². The van der Waals surface area contributed by atoms with Gasteiger partial charge in [0.1, 0.15) is 5.75 Å². The van der Waals surface area contributed by atoms with Gasteiger partial charge in [-0.15, -0.1) is 0 Å². The lowest BCUT2D eigenvalue weighted by Gasteiger charge is -2.17. The molecule has 0 bridgehead atoms. The number of carbonyl (C=O) groups is 1. The van der Waals surface area contributed by atoms with Crippen molar-refractivity contribution in [2.45, 2.75) is 31.1 Å². The molecule has 0 aliphatic rings. The lowest BCUT2D eigenvalue weighted by molar-refractivity contribution is -0.116. The van der Waals surface area contributed by atoms with E-state index in [1.807, 2.05) is 26.0 Å². The van der Waals surface area contributed by atoms with Crippen LogP contribution in [0, 0.1) is 0 Å². The first kappa shape index (κ1) is 24.7. The number of amides is 1. The van der Waals surface area contributed by atoms with E-state index < -0.39 is 15.9 Å². The van der Waals surface area contributed by atoms with Gasteiger partial charge in [-0.1, -0.05) is 42.7 Å². The Kier molecular flexibility index (Phi) is 7.72. The molecule has 1 amide bonds. The van der Waals surface area contributed by atoms with Gasteiger partial charge in [0.2, 0.25) is 21.8 Å². The van der Waals surface area contributed by atoms with Gasteiger partial charge in [-0.2, -0.15) is 9.29 Å². The monoisotopic (exact) mass is 492 g/mol. The zero-order valence-corrected chi connectivity index (χ0v) is 20.3. The minimum atomic E-state index is -3.91. The first-order chi connectivity index (χ1) is 15.6. The number of anilines is 1. The number of benzene rings is 2. The highest BCUT2D eigenvalue weighted by Crippen LogP contribution is 2.28. The third kappa shape index (κ3) is 6.10. The predicted octanol–water partition coefficient (Wildman–Crippen LogP) is 3.71. The average Bonchev–Trinajstić information content (AvgIpc) is 3.24. The van der Waals surface area contributed by atoms with Crippen molar-refractivity contribution < 1.29 is 22.5 Å². The number of likely N-dealkylation sites (N-methyl/N-ethyl adjacent to an activating group) is 1. The number of nitrogens with one attached hydrogen (secondary N) is 1. The minimum absolute atomic E-state index is 0.0324. The maximum absolute atomic E-state index is 12.8. The summed E-state index contributed by atoms with van der Waals surface area (Å²) in [5.74, 6) is 1.21. The maximum atomic E-state index is 12.8. The molecule has 0 unspecified atom stereocenters. The van der Waals surface area contributed by atoms with Gasteiger partial charge < -0.3 is 14.6 Å². The van der Waals surface area contributed by atoms with Crippen LogP contribution in [-0.2, 0) is 21.2 Å². The Balaban J connectivity index is 1.59. The van der Waals surface area contributed by atoms with Gasteiger partial charge in [0.15, 0.2) is 5.82 Å². The van der Waals surface area contributed by atoms with E-state index in [1.54, 1.807) is 12.1 Å². The van der Waals surface area contributed by atoms with Crippen LogP contribution in [0.3, 0.4) is 0 Å². The van der Waals surface area contributed by atoms with Crippen LogP contribution in [0.5, 0.6) is 5.75 Å². The van der Waals surface area contributed by atoms with Crippen LogP contribution in [0.1, 0.15) is 37.0 Å². The Hall–Kier alpha value is -2.95. The van der Waals surface area contributed by atoms with Crippen molar-refractivity contribution in [3.63, 3.8) is 0 Å². The first-order valence-electron chi connectivity index (χ1n) is 10.1. The second-order valence-corrected chi connectivity index (χ2v) is 10.1. The van der Waals surface area contributed by atoms with Gasteiger partial charge in [0, 0.05) is 25.1 Å². The van der Waals surface area contributed by atoms with Crippen molar-refractivity contribution in [2.75, 3.05) is 26.0 Å². The molecule has 0 fully saturated rings. The number of sulfonamides is 1. The van der Waals surface area contributed by atoms with E-state index in [9.17, 15) is 13.2 Å².